The first-order valence-corrected chi connectivity index (χ1v) is 8.25. The van der Waals surface area contributed by atoms with Crippen LogP contribution in [0.1, 0.15) is 55.4 Å². The van der Waals surface area contributed by atoms with Crippen LogP contribution in [0.15, 0.2) is 29.3 Å². The molecule has 0 saturated heterocycles. The Hall–Kier alpha value is -1.45. The predicted molar refractivity (Wildman–Crippen MR) is 96.7 cm³/mol. The fourth-order valence-corrected chi connectivity index (χ4v) is 3.32. The number of aliphatic hydroxyl groups is 1. The summed E-state index contributed by atoms with van der Waals surface area (Å²) >= 11 is 0. The van der Waals surface area contributed by atoms with E-state index in [-0.39, 0.29) is 24.0 Å². The number of ether oxygens (including phenoxy) is 1. The maximum Gasteiger partial charge on any atom is 0.0798 e. The van der Waals surface area contributed by atoms with Gasteiger partial charge in [-0.05, 0) is 52.7 Å². The lowest BCUT2D eigenvalue weighted by Gasteiger charge is -2.33. The molecular weight excluding hydrogens is 286 g/mol. The highest BCUT2D eigenvalue weighted by Crippen LogP contribution is 2.38. The van der Waals surface area contributed by atoms with Crippen LogP contribution in [0.4, 0.5) is 0 Å². The molecular formula is C20H29NO2. The van der Waals surface area contributed by atoms with Crippen LogP contribution < -0.4 is 0 Å². The summed E-state index contributed by atoms with van der Waals surface area (Å²) in [6.45, 7) is 13.5. The van der Waals surface area contributed by atoms with Crippen molar-refractivity contribution in [1.29, 1.82) is 0 Å². The van der Waals surface area contributed by atoms with E-state index in [1.165, 1.54) is 22.3 Å². The zero-order valence-electron chi connectivity index (χ0n) is 15.0. The van der Waals surface area contributed by atoms with Crippen molar-refractivity contribution in [2.45, 2.75) is 51.5 Å². The Morgan fingerprint density at radius 1 is 1.35 bits per heavy atom. The average molecular weight is 315 g/mol. The van der Waals surface area contributed by atoms with Gasteiger partial charge in [-0.3, -0.25) is 4.99 Å². The second kappa shape index (κ2) is 6.98. The zero-order valence-corrected chi connectivity index (χ0v) is 15.0. The van der Waals surface area contributed by atoms with Gasteiger partial charge < -0.3 is 9.84 Å². The second-order valence-electron chi connectivity index (χ2n) is 7.47. The molecule has 0 saturated carbocycles. The maximum atomic E-state index is 9.49. The molecule has 23 heavy (non-hydrogen) atoms. The van der Waals surface area contributed by atoms with Gasteiger partial charge in [0.25, 0.3) is 0 Å². The molecule has 2 unspecified atom stereocenters. The molecule has 0 amide bonds. The first kappa shape index (κ1) is 17.9. The Morgan fingerprint density at radius 3 is 2.61 bits per heavy atom. The van der Waals surface area contributed by atoms with E-state index >= 15 is 0 Å². The Morgan fingerprint density at radius 2 is 2.04 bits per heavy atom. The SMILES string of the molecule is C=C(CO)C1N=Cc2cc(C(C)(C)C)cc(C)c2C1CCOC. The first-order chi connectivity index (χ1) is 10.8. The Labute approximate surface area is 140 Å². The van der Waals surface area contributed by atoms with Crippen LogP contribution >= 0.6 is 0 Å². The molecule has 2 atom stereocenters. The third-order valence-electron chi connectivity index (χ3n) is 4.67. The summed E-state index contributed by atoms with van der Waals surface area (Å²) in [7, 11) is 1.72. The van der Waals surface area contributed by atoms with Crippen molar-refractivity contribution in [3.63, 3.8) is 0 Å². The highest BCUT2D eigenvalue weighted by molar-refractivity contribution is 5.85. The lowest BCUT2D eigenvalue weighted by molar-refractivity contribution is 0.184. The fraction of sp³-hybridized carbons (Fsp3) is 0.550. The summed E-state index contributed by atoms with van der Waals surface area (Å²) in [6.07, 6.45) is 2.83. The number of aliphatic hydroxyl groups excluding tert-OH is 1. The number of methoxy groups -OCH3 is 1. The van der Waals surface area contributed by atoms with Gasteiger partial charge in [-0.25, -0.2) is 0 Å². The van der Waals surface area contributed by atoms with Crippen molar-refractivity contribution in [3.8, 4) is 0 Å². The highest BCUT2D eigenvalue weighted by atomic mass is 16.5. The van der Waals surface area contributed by atoms with Crippen molar-refractivity contribution >= 4 is 6.21 Å². The summed E-state index contributed by atoms with van der Waals surface area (Å²) < 4.78 is 5.30. The van der Waals surface area contributed by atoms with E-state index in [2.05, 4.69) is 46.4 Å². The molecule has 1 heterocycles. The van der Waals surface area contributed by atoms with Crippen LogP contribution in [0.25, 0.3) is 0 Å². The van der Waals surface area contributed by atoms with Crippen molar-refractivity contribution < 1.29 is 9.84 Å². The Kier molecular flexibility index (Phi) is 5.43. The quantitative estimate of drug-likeness (QED) is 0.841. The summed E-state index contributed by atoms with van der Waals surface area (Å²) in [5, 5.41) is 9.49. The number of hydrogen-bond acceptors (Lipinski definition) is 3. The molecule has 0 bridgehead atoms. The maximum absolute atomic E-state index is 9.49. The van der Waals surface area contributed by atoms with Crippen LogP contribution in [0, 0.1) is 6.92 Å². The molecule has 3 nitrogen and oxygen atoms in total. The smallest absolute Gasteiger partial charge is 0.0798 e. The molecule has 0 radical (unpaired) electrons. The minimum atomic E-state index is -0.0677. The van der Waals surface area contributed by atoms with E-state index in [9.17, 15) is 5.11 Å². The number of aryl methyl sites for hydroxylation is 1. The van der Waals surface area contributed by atoms with Gasteiger partial charge in [0.05, 0.1) is 12.6 Å². The normalized spacial score (nSPS) is 20.4. The van der Waals surface area contributed by atoms with Crippen LogP contribution in [-0.2, 0) is 10.2 Å². The van der Waals surface area contributed by atoms with Gasteiger partial charge in [0.15, 0.2) is 0 Å². The summed E-state index contributed by atoms with van der Waals surface area (Å²) in [5.74, 6) is 0.212. The van der Waals surface area contributed by atoms with E-state index in [0.29, 0.717) is 6.61 Å². The van der Waals surface area contributed by atoms with E-state index < -0.39 is 0 Å². The van der Waals surface area contributed by atoms with Crippen LogP contribution in [0.3, 0.4) is 0 Å². The van der Waals surface area contributed by atoms with Crippen molar-refractivity contribution in [2.24, 2.45) is 4.99 Å². The van der Waals surface area contributed by atoms with Crippen LogP contribution in [0.2, 0.25) is 0 Å². The van der Waals surface area contributed by atoms with Gasteiger partial charge >= 0.3 is 0 Å². The number of benzene rings is 1. The van der Waals surface area contributed by atoms with Gasteiger partial charge in [-0.1, -0.05) is 33.4 Å². The van der Waals surface area contributed by atoms with E-state index in [1.807, 2.05) is 6.21 Å². The minimum Gasteiger partial charge on any atom is -0.392 e. The second-order valence-corrected chi connectivity index (χ2v) is 7.47. The molecule has 0 spiro atoms. The number of fused-ring (bicyclic) bond motifs is 1. The topological polar surface area (TPSA) is 41.8 Å². The molecule has 0 fully saturated rings. The van der Waals surface area contributed by atoms with Crippen molar-refractivity contribution in [1.82, 2.24) is 0 Å². The zero-order chi connectivity index (χ0) is 17.2. The molecule has 1 N–H and O–H groups in total. The number of hydrogen-bond donors (Lipinski definition) is 1. The molecule has 1 aliphatic rings. The average Bonchev–Trinajstić information content (AvgIpc) is 2.50. The number of aliphatic imine (C=N–C) groups is 1. The molecule has 2 rings (SSSR count). The molecule has 1 aromatic rings. The first-order valence-electron chi connectivity index (χ1n) is 8.25. The molecule has 126 valence electrons. The third-order valence-corrected chi connectivity index (χ3v) is 4.67. The Bertz CT molecular complexity index is 611. The van der Waals surface area contributed by atoms with E-state index in [1.54, 1.807) is 7.11 Å². The number of nitrogens with zero attached hydrogens (tertiary/aromatic N) is 1. The summed E-state index contributed by atoms with van der Waals surface area (Å²) in [5.41, 5.74) is 6.01. The van der Waals surface area contributed by atoms with Gasteiger partial charge in [-0.2, -0.15) is 0 Å². The van der Waals surface area contributed by atoms with Gasteiger partial charge in [0, 0.05) is 25.8 Å². The molecule has 3 heteroatoms. The van der Waals surface area contributed by atoms with Crippen molar-refractivity contribution in [3.05, 3.63) is 46.5 Å². The molecule has 1 aliphatic heterocycles. The van der Waals surface area contributed by atoms with Gasteiger partial charge in [-0.15, -0.1) is 0 Å². The highest BCUT2D eigenvalue weighted by Gasteiger charge is 2.31. The third kappa shape index (κ3) is 3.73. The van der Waals surface area contributed by atoms with E-state index in [0.717, 1.165) is 12.0 Å². The summed E-state index contributed by atoms with van der Waals surface area (Å²) in [6, 6.07) is 4.47. The minimum absolute atomic E-state index is 0.0278. The van der Waals surface area contributed by atoms with Crippen molar-refractivity contribution in [2.75, 3.05) is 20.3 Å². The molecule has 0 aliphatic carbocycles. The monoisotopic (exact) mass is 315 g/mol. The predicted octanol–water partition coefficient (Wildman–Crippen LogP) is 3.76. The van der Waals surface area contributed by atoms with E-state index in [4.69, 9.17) is 9.73 Å². The van der Waals surface area contributed by atoms with Gasteiger partial charge in [0.2, 0.25) is 0 Å². The molecule has 1 aromatic carbocycles. The van der Waals surface area contributed by atoms with Gasteiger partial charge in [0.1, 0.15) is 0 Å². The Balaban J connectivity index is 2.51. The lowest BCUT2D eigenvalue weighted by atomic mass is 9.76. The number of rotatable bonds is 5. The standard InChI is InChI=1S/C20H29NO2/c1-13-9-16(20(3,4)5)10-15-11-21-19(14(2)12-22)17(18(13)15)7-8-23-6/h9-11,17,19,22H,2,7-8,12H2,1,3-6H3. The lowest BCUT2D eigenvalue weighted by Crippen LogP contribution is -2.28. The van der Waals surface area contributed by atoms with Crippen LogP contribution in [0.5, 0.6) is 0 Å². The molecule has 0 aromatic heterocycles. The van der Waals surface area contributed by atoms with Crippen LogP contribution in [-0.4, -0.2) is 37.7 Å². The summed E-state index contributed by atoms with van der Waals surface area (Å²) in [4.78, 5) is 4.70. The fourth-order valence-electron chi connectivity index (χ4n) is 3.32. The largest absolute Gasteiger partial charge is 0.392 e.